The van der Waals surface area contributed by atoms with Gasteiger partial charge in [-0.3, -0.25) is 19.3 Å². The summed E-state index contributed by atoms with van der Waals surface area (Å²) >= 11 is 0. The molecule has 1 saturated heterocycles. The van der Waals surface area contributed by atoms with Gasteiger partial charge in [0.05, 0.1) is 7.11 Å². The lowest BCUT2D eigenvalue weighted by Crippen LogP contribution is -2.55. The molecule has 0 aromatic heterocycles. The molecule has 0 bridgehead atoms. The number of nitrogens with zero attached hydrogens (tertiary/aromatic N) is 1. The van der Waals surface area contributed by atoms with Crippen LogP contribution in [0, 0.1) is 0 Å². The van der Waals surface area contributed by atoms with Gasteiger partial charge < -0.3 is 24.3 Å². The molecule has 33 heavy (non-hydrogen) atoms. The molecule has 10 heteroatoms. The van der Waals surface area contributed by atoms with E-state index in [1.807, 2.05) is 25.7 Å². The second kappa shape index (κ2) is 12.3. The van der Waals surface area contributed by atoms with Gasteiger partial charge in [-0.2, -0.15) is 0 Å². The molecule has 0 spiro atoms. The van der Waals surface area contributed by atoms with Crippen LogP contribution in [0.15, 0.2) is 0 Å². The summed E-state index contributed by atoms with van der Waals surface area (Å²) in [6.07, 6.45) is 0.176. The van der Waals surface area contributed by atoms with Gasteiger partial charge in [0.1, 0.15) is 23.3 Å². The summed E-state index contributed by atoms with van der Waals surface area (Å²) < 4.78 is 20.7. The van der Waals surface area contributed by atoms with E-state index in [0.29, 0.717) is 19.4 Å². The van der Waals surface area contributed by atoms with Crippen molar-refractivity contribution in [3.8, 4) is 0 Å². The number of hydrogen-bond acceptors (Lipinski definition) is 10. The third-order valence-corrected chi connectivity index (χ3v) is 4.78. The van der Waals surface area contributed by atoms with Gasteiger partial charge in [-0.05, 0) is 54.4 Å². The minimum absolute atomic E-state index is 0.135. The highest BCUT2D eigenvalue weighted by atomic mass is 16.6. The zero-order chi connectivity index (χ0) is 25.4. The van der Waals surface area contributed by atoms with E-state index in [1.165, 1.54) is 14.0 Å². The van der Waals surface area contributed by atoms with Crippen LogP contribution in [0.3, 0.4) is 0 Å². The maximum absolute atomic E-state index is 12.8. The molecule has 0 aromatic carbocycles. The second-order valence-electron chi connectivity index (χ2n) is 10.1. The molecule has 0 unspecified atom stereocenters. The van der Waals surface area contributed by atoms with Crippen molar-refractivity contribution in [2.45, 2.75) is 97.1 Å². The predicted molar refractivity (Wildman–Crippen MR) is 120 cm³/mol. The van der Waals surface area contributed by atoms with Crippen molar-refractivity contribution in [2.75, 3.05) is 26.7 Å². The van der Waals surface area contributed by atoms with E-state index in [4.69, 9.17) is 14.2 Å². The molecular formula is C23H40N2O8. The Kier molecular flexibility index (Phi) is 10.8. The number of methoxy groups -OCH3 is 1. The Bertz CT molecular complexity index is 696. The maximum atomic E-state index is 12.8. The van der Waals surface area contributed by atoms with Crippen molar-refractivity contribution in [3.05, 3.63) is 0 Å². The molecule has 1 fully saturated rings. The van der Waals surface area contributed by atoms with Gasteiger partial charge >= 0.3 is 23.9 Å². The zero-order valence-corrected chi connectivity index (χ0v) is 21.2. The average Bonchev–Trinajstić information content (AvgIpc) is 2.60. The van der Waals surface area contributed by atoms with Crippen LogP contribution >= 0.6 is 0 Å². The summed E-state index contributed by atoms with van der Waals surface area (Å²) in [5, 5.41) is 3.09. The lowest BCUT2D eigenvalue weighted by molar-refractivity contribution is -0.166. The summed E-state index contributed by atoms with van der Waals surface area (Å²) in [5.41, 5.74) is -1.23. The molecule has 1 aliphatic rings. The fraction of sp³-hybridized carbons (Fsp3) is 0.826. The maximum Gasteiger partial charge on any atom is 0.347 e. The Labute approximate surface area is 196 Å². The Balaban J connectivity index is 2.73. The molecule has 10 nitrogen and oxygen atoms in total. The molecule has 0 saturated carbocycles. The molecule has 1 N–H and O–H groups in total. The number of nitrogens with one attached hydrogen (secondary N) is 1. The molecule has 0 amide bonds. The highest BCUT2D eigenvalue weighted by Crippen LogP contribution is 2.22. The van der Waals surface area contributed by atoms with Crippen LogP contribution in [-0.4, -0.2) is 84.9 Å². The largest absolute Gasteiger partial charge is 0.466 e. The van der Waals surface area contributed by atoms with Crippen LogP contribution < -0.4 is 5.32 Å². The lowest BCUT2D eigenvalue weighted by atomic mass is 10.0. The van der Waals surface area contributed by atoms with E-state index in [1.54, 1.807) is 20.8 Å². The van der Waals surface area contributed by atoms with Gasteiger partial charge in [0.2, 0.25) is 0 Å². The molecule has 0 aliphatic carbocycles. The van der Waals surface area contributed by atoms with E-state index in [2.05, 4.69) is 10.1 Å². The topological polar surface area (TPSA) is 120 Å². The summed E-state index contributed by atoms with van der Waals surface area (Å²) in [7, 11) is 1.21. The highest BCUT2D eigenvalue weighted by molar-refractivity contribution is 5.79. The minimum Gasteiger partial charge on any atom is -0.466 e. The predicted octanol–water partition coefficient (Wildman–Crippen LogP) is 1.59. The number of esters is 4. The first-order valence-corrected chi connectivity index (χ1v) is 11.3. The van der Waals surface area contributed by atoms with Crippen LogP contribution in [0.1, 0.15) is 67.7 Å². The van der Waals surface area contributed by atoms with Crippen molar-refractivity contribution < 1.29 is 38.1 Å². The first-order chi connectivity index (χ1) is 15.1. The summed E-state index contributed by atoms with van der Waals surface area (Å²) in [5.74, 6) is -1.96. The molecule has 3 atom stereocenters. The molecule has 0 radical (unpaired) electrons. The second-order valence-corrected chi connectivity index (χ2v) is 10.1. The molecule has 1 aliphatic heterocycles. The quantitative estimate of drug-likeness (QED) is 0.350. The number of ether oxygens (including phenoxy) is 4. The Morgan fingerprint density at radius 3 is 2.03 bits per heavy atom. The number of likely N-dealkylation sites (tertiary alicyclic amines) is 1. The van der Waals surface area contributed by atoms with E-state index in [9.17, 15) is 19.2 Å². The van der Waals surface area contributed by atoms with Crippen molar-refractivity contribution in [1.29, 1.82) is 0 Å². The average molecular weight is 473 g/mol. The van der Waals surface area contributed by atoms with Crippen LogP contribution in [0.25, 0.3) is 0 Å². The van der Waals surface area contributed by atoms with Gasteiger partial charge in [0.25, 0.3) is 0 Å². The first kappa shape index (κ1) is 28.8. The van der Waals surface area contributed by atoms with Crippen molar-refractivity contribution in [2.24, 2.45) is 0 Å². The SMILES string of the molecule is COC(=O)[C@H](CCN[C@@H](CCN1CC[C@H]1C(=O)OC(C)(C)C)C(=O)OC(C)(C)C)OC(C)=O. The Morgan fingerprint density at radius 1 is 0.970 bits per heavy atom. The van der Waals surface area contributed by atoms with E-state index >= 15 is 0 Å². The molecule has 1 rings (SSSR count). The fourth-order valence-electron chi connectivity index (χ4n) is 3.26. The zero-order valence-electron chi connectivity index (χ0n) is 21.2. The van der Waals surface area contributed by atoms with Gasteiger partial charge in [0.15, 0.2) is 6.10 Å². The monoisotopic (exact) mass is 472 g/mol. The normalized spacial score (nSPS) is 18.5. The fourth-order valence-corrected chi connectivity index (χ4v) is 3.26. The van der Waals surface area contributed by atoms with E-state index in [0.717, 1.165) is 6.54 Å². The first-order valence-electron chi connectivity index (χ1n) is 11.3. The van der Waals surface area contributed by atoms with Gasteiger partial charge in [0, 0.05) is 33.0 Å². The smallest absolute Gasteiger partial charge is 0.347 e. The van der Waals surface area contributed by atoms with Gasteiger partial charge in [-0.15, -0.1) is 0 Å². The Morgan fingerprint density at radius 2 is 1.58 bits per heavy atom. The Hall–Kier alpha value is -2.20. The van der Waals surface area contributed by atoms with Crippen molar-refractivity contribution >= 4 is 23.9 Å². The third kappa shape index (κ3) is 11.0. The number of hydrogen-bond donors (Lipinski definition) is 1. The molecule has 190 valence electrons. The lowest BCUT2D eigenvalue weighted by Gasteiger charge is -2.40. The van der Waals surface area contributed by atoms with Crippen LogP contribution in [0.4, 0.5) is 0 Å². The van der Waals surface area contributed by atoms with Crippen molar-refractivity contribution in [1.82, 2.24) is 10.2 Å². The summed E-state index contributed by atoms with van der Waals surface area (Å²) in [4.78, 5) is 50.2. The number of carbonyl (C=O) groups is 4. The van der Waals surface area contributed by atoms with E-state index < -0.39 is 41.3 Å². The summed E-state index contributed by atoms with van der Waals surface area (Å²) in [6.45, 7) is 13.5. The van der Waals surface area contributed by atoms with Crippen molar-refractivity contribution in [3.63, 3.8) is 0 Å². The van der Waals surface area contributed by atoms with Gasteiger partial charge in [-0.25, -0.2) is 4.79 Å². The highest BCUT2D eigenvalue weighted by Gasteiger charge is 2.38. The number of rotatable bonds is 11. The number of carbonyl (C=O) groups excluding carboxylic acids is 4. The minimum atomic E-state index is -1.06. The standard InChI is InChI=1S/C23H40N2O8/c1-15(26)31-18(21(29)30-8)9-12-24-16(19(27)32-22(2,3)4)10-13-25-14-11-17(25)20(28)33-23(5,6)7/h16-18,24H,9-14H2,1-8H3/t16-,17-,18-/m0/s1. The van der Waals surface area contributed by atoms with Crippen LogP contribution in [0.2, 0.25) is 0 Å². The summed E-state index contributed by atoms with van der Waals surface area (Å²) in [6, 6.07) is -0.990. The molecule has 0 aromatic rings. The van der Waals surface area contributed by atoms with Gasteiger partial charge in [-0.1, -0.05) is 0 Å². The van der Waals surface area contributed by atoms with Crippen LogP contribution in [-0.2, 0) is 38.1 Å². The molecule has 1 heterocycles. The van der Waals surface area contributed by atoms with E-state index in [-0.39, 0.29) is 25.0 Å². The van der Waals surface area contributed by atoms with Crippen LogP contribution in [0.5, 0.6) is 0 Å². The third-order valence-electron chi connectivity index (χ3n) is 4.78. The molecular weight excluding hydrogens is 432 g/mol.